The van der Waals surface area contributed by atoms with E-state index in [9.17, 15) is 0 Å². The Morgan fingerprint density at radius 3 is 2.94 bits per heavy atom. The number of benzene rings is 1. The van der Waals surface area contributed by atoms with Crippen LogP contribution in [-0.4, -0.2) is 9.97 Å². The molecule has 0 saturated heterocycles. The third kappa shape index (κ3) is 2.55. The Hall–Kier alpha value is -1.94. The second-order valence-corrected chi connectivity index (χ2v) is 3.40. The van der Waals surface area contributed by atoms with E-state index in [2.05, 4.69) is 9.97 Å². The van der Waals surface area contributed by atoms with Crippen LogP contribution in [0, 0.1) is 6.92 Å². The van der Waals surface area contributed by atoms with E-state index in [-0.39, 0.29) is 0 Å². The van der Waals surface area contributed by atoms with Crippen molar-refractivity contribution in [2.45, 2.75) is 13.5 Å². The van der Waals surface area contributed by atoms with Gasteiger partial charge in [-0.05, 0) is 24.6 Å². The van der Waals surface area contributed by atoms with E-state index in [1.165, 1.54) is 0 Å². The molecule has 4 nitrogen and oxygen atoms in total. The summed E-state index contributed by atoms with van der Waals surface area (Å²) < 4.78 is 5.60. The van der Waals surface area contributed by atoms with Gasteiger partial charge in [-0.2, -0.15) is 4.98 Å². The lowest BCUT2D eigenvalue weighted by atomic mass is 10.2. The van der Waals surface area contributed by atoms with E-state index >= 15 is 0 Å². The molecule has 1 heterocycles. The molecule has 2 aromatic rings. The Balaban J connectivity index is 2.20. The maximum absolute atomic E-state index is 5.60. The molecule has 0 fully saturated rings. The van der Waals surface area contributed by atoms with Crippen LogP contribution < -0.4 is 10.5 Å². The van der Waals surface area contributed by atoms with Crippen LogP contribution in [0.25, 0.3) is 0 Å². The highest BCUT2D eigenvalue weighted by molar-refractivity contribution is 5.31. The number of ether oxygens (including phenoxy) is 1. The molecule has 0 spiro atoms. The molecule has 1 aromatic heterocycles. The minimum absolute atomic E-state index is 0.500. The first-order chi connectivity index (χ1) is 7.78. The number of hydrogen-bond donors (Lipinski definition) is 1. The van der Waals surface area contributed by atoms with Crippen molar-refractivity contribution in [1.82, 2.24) is 9.97 Å². The van der Waals surface area contributed by atoms with E-state index in [1.54, 1.807) is 12.3 Å². The molecule has 1 aromatic carbocycles. The molecule has 0 amide bonds. The van der Waals surface area contributed by atoms with Crippen molar-refractivity contribution in [3.63, 3.8) is 0 Å². The van der Waals surface area contributed by atoms with Gasteiger partial charge in [0.2, 0.25) is 5.88 Å². The van der Waals surface area contributed by atoms with Crippen molar-refractivity contribution in [2.75, 3.05) is 0 Å². The van der Waals surface area contributed by atoms with Crippen LogP contribution in [0.5, 0.6) is 11.6 Å². The highest BCUT2D eigenvalue weighted by Gasteiger charge is 1.99. The molecular weight excluding hydrogens is 202 g/mol. The summed E-state index contributed by atoms with van der Waals surface area (Å²) in [5.41, 5.74) is 6.59. The second kappa shape index (κ2) is 4.72. The molecule has 4 heteroatoms. The highest BCUT2D eigenvalue weighted by Crippen LogP contribution is 2.19. The lowest BCUT2D eigenvalue weighted by Gasteiger charge is -2.05. The summed E-state index contributed by atoms with van der Waals surface area (Å²) in [7, 11) is 0. The largest absolute Gasteiger partial charge is 0.439 e. The number of aryl methyl sites for hydroxylation is 1. The molecule has 0 bridgehead atoms. The Bertz CT molecular complexity index is 485. The third-order valence-electron chi connectivity index (χ3n) is 2.11. The smallest absolute Gasteiger partial charge is 0.222 e. The predicted octanol–water partition coefficient (Wildman–Crippen LogP) is 2.04. The molecule has 82 valence electrons. The van der Waals surface area contributed by atoms with Gasteiger partial charge in [0.15, 0.2) is 0 Å². The Morgan fingerprint density at radius 2 is 2.19 bits per heavy atom. The first-order valence-corrected chi connectivity index (χ1v) is 5.04. The van der Waals surface area contributed by atoms with Crippen LogP contribution in [0.15, 0.2) is 36.5 Å². The maximum atomic E-state index is 5.60. The topological polar surface area (TPSA) is 61.0 Å². The normalized spacial score (nSPS) is 10.1. The summed E-state index contributed by atoms with van der Waals surface area (Å²) in [6, 6.07) is 9.36. The van der Waals surface area contributed by atoms with E-state index in [0.29, 0.717) is 18.2 Å². The van der Waals surface area contributed by atoms with Crippen LogP contribution in [0.3, 0.4) is 0 Å². The SMILES string of the molecule is Cc1nccc(Oc2cccc(CN)c2)n1. The average molecular weight is 215 g/mol. The fraction of sp³-hybridized carbons (Fsp3) is 0.167. The van der Waals surface area contributed by atoms with Gasteiger partial charge in [-0.1, -0.05) is 12.1 Å². The lowest BCUT2D eigenvalue weighted by molar-refractivity contribution is 0.459. The van der Waals surface area contributed by atoms with Gasteiger partial charge in [0, 0.05) is 18.8 Å². The zero-order valence-corrected chi connectivity index (χ0v) is 9.05. The van der Waals surface area contributed by atoms with Gasteiger partial charge in [-0.15, -0.1) is 0 Å². The fourth-order valence-electron chi connectivity index (χ4n) is 1.35. The molecule has 0 aliphatic rings. The van der Waals surface area contributed by atoms with E-state index in [1.807, 2.05) is 31.2 Å². The summed E-state index contributed by atoms with van der Waals surface area (Å²) in [4.78, 5) is 8.16. The van der Waals surface area contributed by atoms with Crippen molar-refractivity contribution in [3.8, 4) is 11.6 Å². The van der Waals surface area contributed by atoms with Crippen LogP contribution >= 0.6 is 0 Å². The van der Waals surface area contributed by atoms with Crippen molar-refractivity contribution >= 4 is 0 Å². The van der Waals surface area contributed by atoms with Crippen molar-refractivity contribution in [3.05, 3.63) is 47.9 Å². The summed E-state index contributed by atoms with van der Waals surface area (Å²) >= 11 is 0. The number of hydrogen-bond acceptors (Lipinski definition) is 4. The number of rotatable bonds is 3. The van der Waals surface area contributed by atoms with Gasteiger partial charge in [0.05, 0.1) is 0 Å². The van der Waals surface area contributed by atoms with Crippen molar-refractivity contribution in [1.29, 1.82) is 0 Å². The van der Waals surface area contributed by atoms with E-state index < -0.39 is 0 Å². The standard InChI is InChI=1S/C12H13N3O/c1-9-14-6-5-12(15-9)16-11-4-2-3-10(7-11)8-13/h2-7H,8,13H2,1H3. The molecule has 16 heavy (non-hydrogen) atoms. The molecule has 2 rings (SSSR count). The minimum Gasteiger partial charge on any atom is -0.439 e. The average Bonchev–Trinajstić information content (AvgIpc) is 2.29. The Morgan fingerprint density at radius 1 is 1.31 bits per heavy atom. The van der Waals surface area contributed by atoms with Gasteiger partial charge in [-0.3, -0.25) is 0 Å². The molecule has 2 N–H and O–H groups in total. The number of nitrogens with zero attached hydrogens (tertiary/aromatic N) is 2. The van der Waals surface area contributed by atoms with Crippen LogP contribution in [0.1, 0.15) is 11.4 Å². The quantitative estimate of drug-likeness (QED) is 0.851. The van der Waals surface area contributed by atoms with E-state index in [4.69, 9.17) is 10.5 Å². The minimum atomic E-state index is 0.500. The lowest BCUT2D eigenvalue weighted by Crippen LogP contribution is -1.97. The second-order valence-electron chi connectivity index (χ2n) is 3.40. The molecule has 0 aliphatic heterocycles. The van der Waals surface area contributed by atoms with Crippen LogP contribution in [-0.2, 0) is 6.54 Å². The van der Waals surface area contributed by atoms with Crippen LogP contribution in [0.2, 0.25) is 0 Å². The van der Waals surface area contributed by atoms with Gasteiger partial charge in [0.25, 0.3) is 0 Å². The summed E-state index contributed by atoms with van der Waals surface area (Å²) in [5, 5.41) is 0. The summed E-state index contributed by atoms with van der Waals surface area (Å²) in [5.74, 6) is 1.97. The van der Waals surface area contributed by atoms with Gasteiger partial charge >= 0.3 is 0 Å². The zero-order valence-electron chi connectivity index (χ0n) is 9.05. The predicted molar refractivity (Wildman–Crippen MR) is 61.2 cm³/mol. The van der Waals surface area contributed by atoms with Gasteiger partial charge < -0.3 is 10.5 Å². The molecule has 0 saturated carbocycles. The molecule has 0 atom stereocenters. The number of nitrogens with two attached hydrogens (primary N) is 1. The van der Waals surface area contributed by atoms with Gasteiger partial charge in [-0.25, -0.2) is 4.98 Å². The molecule has 0 radical (unpaired) electrons. The van der Waals surface area contributed by atoms with Crippen LogP contribution in [0.4, 0.5) is 0 Å². The van der Waals surface area contributed by atoms with Crippen molar-refractivity contribution in [2.24, 2.45) is 5.73 Å². The summed E-state index contributed by atoms with van der Waals surface area (Å²) in [6.07, 6.45) is 1.67. The molecule has 0 unspecified atom stereocenters. The third-order valence-corrected chi connectivity index (χ3v) is 2.11. The zero-order chi connectivity index (χ0) is 11.4. The monoisotopic (exact) mass is 215 g/mol. The molecule has 0 aliphatic carbocycles. The van der Waals surface area contributed by atoms with E-state index in [0.717, 1.165) is 11.3 Å². The highest BCUT2D eigenvalue weighted by atomic mass is 16.5. The molecular formula is C12H13N3O. The summed E-state index contributed by atoms with van der Waals surface area (Å²) in [6.45, 7) is 2.32. The Kier molecular flexibility index (Phi) is 3.12. The first-order valence-electron chi connectivity index (χ1n) is 5.04. The van der Waals surface area contributed by atoms with Gasteiger partial charge in [0.1, 0.15) is 11.6 Å². The first kappa shape index (κ1) is 10.6. The number of aromatic nitrogens is 2. The fourth-order valence-corrected chi connectivity index (χ4v) is 1.35. The Labute approximate surface area is 94.1 Å². The maximum Gasteiger partial charge on any atom is 0.222 e. The van der Waals surface area contributed by atoms with Crippen molar-refractivity contribution < 1.29 is 4.74 Å².